The highest BCUT2D eigenvalue weighted by Crippen LogP contribution is 2.13. The second kappa shape index (κ2) is 8.41. The average Bonchev–Trinajstić information content (AvgIpc) is 2.25. The van der Waals surface area contributed by atoms with Crippen molar-refractivity contribution in [2.24, 2.45) is 0 Å². The van der Waals surface area contributed by atoms with Crippen LogP contribution in [0.3, 0.4) is 0 Å². The van der Waals surface area contributed by atoms with E-state index in [1.807, 2.05) is 0 Å². The quantitative estimate of drug-likeness (QED) is 0.286. The van der Waals surface area contributed by atoms with Crippen LogP contribution >= 0.6 is 0 Å². The third-order valence-electron chi connectivity index (χ3n) is 1.75. The fourth-order valence-electron chi connectivity index (χ4n) is 1.12. The lowest BCUT2D eigenvalue weighted by molar-refractivity contribution is -0.142. The third kappa shape index (κ3) is 5.10. The summed E-state index contributed by atoms with van der Waals surface area (Å²) in [5.74, 6) is -0.368. The van der Waals surface area contributed by atoms with E-state index in [0.29, 0.717) is 24.0 Å². The Labute approximate surface area is 95.8 Å². The Morgan fingerprint density at radius 2 is 1.88 bits per heavy atom. The molecule has 16 heavy (non-hydrogen) atoms. The van der Waals surface area contributed by atoms with Crippen LogP contribution in [0, 0.1) is 0 Å². The lowest BCUT2D eigenvalue weighted by Gasteiger charge is -2.05. The van der Waals surface area contributed by atoms with Gasteiger partial charge in [-0.25, -0.2) is 0 Å². The second-order valence-corrected chi connectivity index (χ2v) is 2.88. The van der Waals surface area contributed by atoms with E-state index in [2.05, 4.69) is 13.2 Å². The van der Waals surface area contributed by atoms with Gasteiger partial charge in [0, 0.05) is 5.57 Å². The van der Waals surface area contributed by atoms with Crippen LogP contribution in [0.2, 0.25) is 0 Å². The molecule has 0 N–H and O–H groups in total. The Morgan fingerprint density at radius 1 is 1.25 bits per heavy atom. The molecule has 0 heterocycles. The molecule has 0 rings (SSSR count). The van der Waals surface area contributed by atoms with Crippen LogP contribution in [0.4, 0.5) is 0 Å². The normalized spacial score (nSPS) is 11.8. The molecule has 0 aromatic carbocycles. The average molecular weight is 220 g/mol. The van der Waals surface area contributed by atoms with Crippen LogP contribution in [-0.2, 0) is 14.3 Å². The smallest absolute Gasteiger partial charge is 0.310 e. The zero-order valence-electron chi connectivity index (χ0n) is 9.44. The van der Waals surface area contributed by atoms with Crippen molar-refractivity contribution in [2.45, 2.75) is 13.3 Å². The number of carbonyl (C=O) groups is 2. The molecule has 0 aromatic rings. The fourth-order valence-corrected chi connectivity index (χ4v) is 1.12. The molecular formula is C13H16O3. The maximum Gasteiger partial charge on any atom is 0.310 e. The van der Waals surface area contributed by atoms with Crippen molar-refractivity contribution in [1.29, 1.82) is 0 Å². The molecule has 3 heteroatoms. The molecule has 3 nitrogen and oxygen atoms in total. The minimum absolute atomic E-state index is 0.0538. The van der Waals surface area contributed by atoms with Crippen molar-refractivity contribution < 1.29 is 14.3 Å². The SMILES string of the molecule is C=C/C=C(CC(=O)OCC)\C(C=O)=C/C=C. The van der Waals surface area contributed by atoms with E-state index in [1.165, 1.54) is 12.2 Å². The van der Waals surface area contributed by atoms with Gasteiger partial charge >= 0.3 is 5.97 Å². The Kier molecular flexibility index (Phi) is 7.41. The maximum absolute atomic E-state index is 11.3. The van der Waals surface area contributed by atoms with Crippen LogP contribution in [0.5, 0.6) is 0 Å². The molecule has 0 saturated carbocycles. The van der Waals surface area contributed by atoms with Crippen LogP contribution in [-0.4, -0.2) is 18.9 Å². The molecule has 86 valence electrons. The summed E-state index contributed by atoms with van der Waals surface area (Å²) in [4.78, 5) is 22.1. The molecule has 0 unspecified atom stereocenters. The van der Waals surface area contributed by atoms with Gasteiger partial charge in [-0.3, -0.25) is 9.59 Å². The highest BCUT2D eigenvalue weighted by Gasteiger charge is 2.09. The molecule has 0 atom stereocenters. The fraction of sp³-hybridized carbons (Fsp3) is 0.231. The molecule has 0 spiro atoms. The van der Waals surface area contributed by atoms with Gasteiger partial charge < -0.3 is 4.74 Å². The van der Waals surface area contributed by atoms with Gasteiger partial charge in [0.15, 0.2) is 0 Å². The summed E-state index contributed by atoms with van der Waals surface area (Å²) >= 11 is 0. The van der Waals surface area contributed by atoms with Crippen molar-refractivity contribution in [3.05, 3.63) is 48.6 Å². The summed E-state index contributed by atoms with van der Waals surface area (Å²) < 4.78 is 4.81. The van der Waals surface area contributed by atoms with Gasteiger partial charge in [-0.2, -0.15) is 0 Å². The minimum Gasteiger partial charge on any atom is -0.466 e. The van der Waals surface area contributed by atoms with Crippen molar-refractivity contribution in [1.82, 2.24) is 0 Å². The first-order chi connectivity index (χ1) is 7.69. The third-order valence-corrected chi connectivity index (χ3v) is 1.75. The second-order valence-electron chi connectivity index (χ2n) is 2.88. The van der Waals surface area contributed by atoms with Crippen LogP contribution in [0.15, 0.2) is 48.6 Å². The van der Waals surface area contributed by atoms with Gasteiger partial charge in [0.25, 0.3) is 0 Å². The summed E-state index contributed by atoms with van der Waals surface area (Å²) in [6.07, 6.45) is 6.90. The summed E-state index contributed by atoms with van der Waals surface area (Å²) in [7, 11) is 0. The number of allylic oxidation sites excluding steroid dienone is 5. The first-order valence-corrected chi connectivity index (χ1v) is 4.95. The van der Waals surface area contributed by atoms with E-state index in [-0.39, 0.29) is 12.4 Å². The van der Waals surface area contributed by atoms with E-state index in [9.17, 15) is 9.59 Å². The van der Waals surface area contributed by atoms with Gasteiger partial charge in [-0.1, -0.05) is 37.5 Å². The molecular weight excluding hydrogens is 204 g/mol. The van der Waals surface area contributed by atoms with Crippen molar-refractivity contribution in [2.75, 3.05) is 6.61 Å². The number of hydrogen-bond donors (Lipinski definition) is 0. The van der Waals surface area contributed by atoms with Crippen molar-refractivity contribution >= 4 is 12.3 Å². The van der Waals surface area contributed by atoms with E-state index in [0.717, 1.165) is 0 Å². The van der Waals surface area contributed by atoms with E-state index in [4.69, 9.17) is 4.74 Å². The molecule has 0 fully saturated rings. The molecule has 0 aliphatic heterocycles. The van der Waals surface area contributed by atoms with E-state index in [1.54, 1.807) is 19.1 Å². The lowest BCUT2D eigenvalue weighted by Crippen LogP contribution is -2.06. The first kappa shape index (κ1) is 14.1. The highest BCUT2D eigenvalue weighted by molar-refractivity contribution is 5.85. The standard InChI is InChI=1S/C13H16O3/c1-4-7-11(9-13(15)16-6-3)12(10-14)8-5-2/h4-5,7-8,10H,1-2,6,9H2,3H3/b11-7-,12-8-. The Bertz CT molecular complexity index is 335. The molecule has 0 aliphatic rings. The van der Waals surface area contributed by atoms with Crippen molar-refractivity contribution in [3.8, 4) is 0 Å². The lowest BCUT2D eigenvalue weighted by atomic mass is 10.0. The Morgan fingerprint density at radius 3 is 2.31 bits per heavy atom. The van der Waals surface area contributed by atoms with Gasteiger partial charge in [0.2, 0.25) is 0 Å². The summed E-state index contributed by atoms with van der Waals surface area (Å²) in [6, 6.07) is 0. The molecule has 0 aromatic heterocycles. The number of ether oxygens (including phenoxy) is 1. The first-order valence-electron chi connectivity index (χ1n) is 4.95. The number of esters is 1. The zero-order chi connectivity index (χ0) is 12.4. The molecule has 0 radical (unpaired) electrons. The predicted molar refractivity (Wildman–Crippen MR) is 63.9 cm³/mol. The van der Waals surface area contributed by atoms with E-state index >= 15 is 0 Å². The van der Waals surface area contributed by atoms with E-state index < -0.39 is 0 Å². The number of aldehydes is 1. The predicted octanol–water partition coefficient (Wildman–Crippen LogP) is 2.36. The minimum atomic E-state index is -0.368. The number of carbonyl (C=O) groups excluding carboxylic acids is 2. The van der Waals surface area contributed by atoms with Crippen LogP contribution in [0.25, 0.3) is 0 Å². The largest absolute Gasteiger partial charge is 0.466 e. The van der Waals surface area contributed by atoms with Gasteiger partial charge in [0.05, 0.1) is 13.0 Å². The van der Waals surface area contributed by atoms with Crippen molar-refractivity contribution in [3.63, 3.8) is 0 Å². The monoisotopic (exact) mass is 220 g/mol. The number of hydrogen-bond acceptors (Lipinski definition) is 3. The maximum atomic E-state index is 11.3. The summed E-state index contributed by atoms with van der Waals surface area (Å²) in [5, 5.41) is 0. The Hall–Kier alpha value is -1.90. The van der Waals surface area contributed by atoms with Gasteiger partial charge in [-0.05, 0) is 12.5 Å². The Balaban J connectivity index is 4.87. The summed E-state index contributed by atoms with van der Waals surface area (Å²) in [6.45, 7) is 9.09. The molecule has 0 bridgehead atoms. The van der Waals surface area contributed by atoms with Gasteiger partial charge in [0.1, 0.15) is 6.29 Å². The van der Waals surface area contributed by atoms with Gasteiger partial charge in [-0.15, -0.1) is 0 Å². The number of rotatable bonds is 7. The summed E-state index contributed by atoms with van der Waals surface area (Å²) in [5.41, 5.74) is 0.978. The zero-order valence-corrected chi connectivity index (χ0v) is 9.44. The molecule has 0 saturated heterocycles. The van der Waals surface area contributed by atoms with Crippen LogP contribution < -0.4 is 0 Å². The highest BCUT2D eigenvalue weighted by atomic mass is 16.5. The van der Waals surface area contributed by atoms with Crippen LogP contribution in [0.1, 0.15) is 13.3 Å². The molecule has 0 amide bonds. The molecule has 0 aliphatic carbocycles. The topological polar surface area (TPSA) is 43.4 Å².